The van der Waals surface area contributed by atoms with Crippen molar-refractivity contribution in [3.63, 3.8) is 0 Å². The summed E-state index contributed by atoms with van der Waals surface area (Å²) in [6.07, 6.45) is 0. The van der Waals surface area contributed by atoms with E-state index < -0.39 is 16.4 Å². The topological polar surface area (TPSA) is 122 Å². The second kappa shape index (κ2) is 5.85. The number of hydrogen-bond acceptors (Lipinski definition) is 6. The summed E-state index contributed by atoms with van der Waals surface area (Å²) < 4.78 is 0. The van der Waals surface area contributed by atoms with E-state index in [4.69, 9.17) is 5.84 Å². The molecule has 8 heteroatoms. The summed E-state index contributed by atoms with van der Waals surface area (Å²) in [5.41, 5.74) is 1.23. The molecule has 0 unspecified atom stereocenters. The number of hydrogen-bond donors (Lipinski definition) is 3. The van der Waals surface area contributed by atoms with Crippen molar-refractivity contribution in [3.8, 4) is 0 Å². The molecular weight excluding hydrogens is 264 g/mol. The third-order valence-electron chi connectivity index (χ3n) is 2.56. The predicted molar refractivity (Wildman–Crippen MR) is 74.2 cm³/mol. The molecule has 20 heavy (non-hydrogen) atoms. The monoisotopic (exact) mass is 282 g/mol. The molecule has 1 amide bonds. The largest absolute Gasteiger partial charge is 0.389 e. The van der Waals surface area contributed by atoms with Crippen LogP contribution in [0, 0.1) is 10.1 Å². The fourth-order valence-electron chi connectivity index (χ4n) is 1.81. The minimum atomic E-state index is -1.09. The van der Waals surface area contributed by atoms with Gasteiger partial charge < -0.3 is 15.4 Å². The summed E-state index contributed by atoms with van der Waals surface area (Å²) in [7, 11) is 1.46. The first kappa shape index (κ1) is 15.9. The molecule has 0 aliphatic heterocycles. The highest BCUT2D eigenvalue weighted by molar-refractivity contribution is 5.99. The second-order valence-electron chi connectivity index (χ2n) is 5.11. The van der Waals surface area contributed by atoms with Crippen molar-refractivity contribution in [2.75, 3.05) is 19.0 Å². The number of nitrogens with zero attached hydrogens (tertiary/aromatic N) is 2. The van der Waals surface area contributed by atoms with Crippen LogP contribution in [0.5, 0.6) is 0 Å². The van der Waals surface area contributed by atoms with E-state index >= 15 is 0 Å². The average Bonchev–Trinajstić information content (AvgIpc) is 2.34. The van der Waals surface area contributed by atoms with E-state index in [9.17, 15) is 20.0 Å². The molecular formula is C12H18N4O4. The molecule has 0 aliphatic rings. The summed E-state index contributed by atoms with van der Waals surface area (Å²) in [6.45, 7) is 3.13. The summed E-state index contributed by atoms with van der Waals surface area (Å²) in [4.78, 5) is 23.8. The van der Waals surface area contributed by atoms with Gasteiger partial charge in [-0.05, 0) is 26.0 Å². The summed E-state index contributed by atoms with van der Waals surface area (Å²) in [6, 6.07) is 3.92. The number of amides is 1. The number of likely N-dealkylation sites (N-methyl/N-ethyl adjacent to an activating group) is 1. The van der Waals surface area contributed by atoms with E-state index in [1.807, 2.05) is 0 Å². The number of hydrazine groups is 1. The molecule has 8 nitrogen and oxygen atoms in total. The number of carbonyl (C=O) groups is 1. The Bertz CT molecular complexity index is 525. The Morgan fingerprint density at radius 1 is 1.55 bits per heavy atom. The lowest BCUT2D eigenvalue weighted by molar-refractivity contribution is -0.385. The zero-order valence-electron chi connectivity index (χ0n) is 11.6. The molecule has 0 spiro atoms. The number of rotatable bonds is 5. The minimum absolute atomic E-state index is 0.0449. The first-order valence-electron chi connectivity index (χ1n) is 5.88. The second-order valence-corrected chi connectivity index (χ2v) is 5.11. The maximum Gasteiger partial charge on any atom is 0.282 e. The quantitative estimate of drug-likeness (QED) is 0.415. The van der Waals surface area contributed by atoms with E-state index in [-0.39, 0.29) is 17.8 Å². The van der Waals surface area contributed by atoms with Gasteiger partial charge in [0.25, 0.3) is 11.6 Å². The highest BCUT2D eigenvalue weighted by Crippen LogP contribution is 2.24. The molecule has 0 saturated heterocycles. The Hall–Kier alpha value is -2.19. The van der Waals surface area contributed by atoms with E-state index in [1.165, 1.54) is 30.1 Å². The number of carbonyl (C=O) groups excluding carboxylic acids is 1. The van der Waals surface area contributed by atoms with Crippen molar-refractivity contribution >= 4 is 17.3 Å². The van der Waals surface area contributed by atoms with Gasteiger partial charge in [0, 0.05) is 25.3 Å². The van der Waals surface area contributed by atoms with Crippen LogP contribution in [0.3, 0.4) is 0 Å². The van der Waals surface area contributed by atoms with E-state index in [1.54, 1.807) is 13.8 Å². The number of nitrogens with two attached hydrogens (primary N) is 1. The van der Waals surface area contributed by atoms with Crippen LogP contribution in [0.25, 0.3) is 0 Å². The maximum absolute atomic E-state index is 12.3. The molecule has 0 bridgehead atoms. The third-order valence-corrected chi connectivity index (χ3v) is 2.56. The van der Waals surface area contributed by atoms with Crippen LogP contribution in [-0.2, 0) is 0 Å². The highest BCUT2D eigenvalue weighted by Gasteiger charge is 2.26. The minimum Gasteiger partial charge on any atom is -0.389 e. The standard InChI is InChI=1S/C12H18N4O4/c1-12(2,18)7-15(3)11(17)9-6-8(14-13)4-5-10(9)16(19)20/h4-6,14,18H,7,13H2,1-3H3. The maximum atomic E-state index is 12.3. The van der Waals surface area contributed by atoms with Gasteiger partial charge in [0.15, 0.2) is 0 Å². The van der Waals surface area contributed by atoms with E-state index in [0.29, 0.717) is 5.69 Å². The van der Waals surface area contributed by atoms with Crippen LogP contribution in [0.2, 0.25) is 0 Å². The van der Waals surface area contributed by atoms with Gasteiger partial charge in [0.05, 0.1) is 10.5 Å². The number of nitro benzene ring substituents is 1. The van der Waals surface area contributed by atoms with Crippen molar-refractivity contribution in [1.29, 1.82) is 0 Å². The fraction of sp³-hybridized carbons (Fsp3) is 0.417. The van der Waals surface area contributed by atoms with Crippen molar-refractivity contribution < 1.29 is 14.8 Å². The number of anilines is 1. The summed E-state index contributed by atoms with van der Waals surface area (Å²) in [5.74, 6) is 4.68. The van der Waals surface area contributed by atoms with E-state index in [0.717, 1.165) is 0 Å². The van der Waals surface area contributed by atoms with Crippen molar-refractivity contribution in [3.05, 3.63) is 33.9 Å². The zero-order valence-corrected chi connectivity index (χ0v) is 11.6. The van der Waals surface area contributed by atoms with Crippen LogP contribution in [-0.4, -0.2) is 40.0 Å². The normalized spacial score (nSPS) is 11.1. The summed E-state index contributed by atoms with van der Waals surface area (Å²) in [5, 5.41) is 20.7. The van der Waals surface area contributed by atoms with Gasteiger partial charge >= 0.3 is 0 Å². The van der Waals surface area contributed by atoms with Crippen LogP contribution in [0.4, 0.5) is 11.4 Å². The predicted octanol–water partition coefficient (Wildman–Crippen LogP) is 0.723. The van der Waals surface area contributed by atoms with Gasteiger partial charge in [-0.15, -0.1) is 0 Å². The van der Waals surface area contributed by atoms with Crippen molar-refractivity contribution in [2.45, 2.75) is 19.4 Å². The molecule has 0 radical (unpaired) electrons. The molecule has 110 valence electrons. The Labute approximate surface area is 116 Å². The molecule has 0 heterocycles. The highest BCUT2D eigenvalue weighted by atomic mass is 16.6. The zero-order chi connectivity index (χ0) is 15.5. The van der Waals surface area contributed by atoms with Gasteiger partial charge in [-0.3, -0.25) is 20.8 Å². The third kappa shape index (κ3) is 3.90. The Kier molecular flexibility index (Phi) is 4.64. The molecule has 0 fully saturated rings. The lowest BCUT2D eigenvalue weighted by Gasteiger charge is -2.25. The van der Waals surface area contributed by atoms with Crippen LogP contribution >= 0.6 is 0 Å². The molecule has 0 saturated carbocycles. The number of benzene rings is 1. The number of nitrogens with one attached hydrogen (secondary N) is 1. The SMILES string of the molecule is CN(CC(C)(C)O)C(=O)c1cc(NN)ccc1[N+](=O)[O-]. The van der Waals surface area contributed by atoms with Crippen molar-refractivity contribution in [1.82, 2.24) is 4.90 Å². The molecule has 1 rings (SSSR count). The summed E-state index contributed by atoms with van der Waals surface area (Å²) >= 11 is 0. The van der Waals surface area contributed by atoms with Gasteiger partial charge in [-0.25, -0.2) is 0 Å². The lowest BCUT2D eigenvalue weighted by atomic mass is 10.1. The number of nitro groups is 1. The molecule has 0 atom stereocenters. The molecule has 1 aromatic carbocycles. The average molecular weight is 282 g/mol. The van der Waals surface area contributed by atoms with Gasteiger partial charge in [0.2, 0.25) is 0 Å². The van der Waals surface area contributed by atoms with Crippen LogP contribution < -0.4 is 11.3 Å². The first-order valence-corrected chi connectivity index (χ1v) is 5.88. The molecule has 4 N–H and O–H groups in total. The van der Waals surface area contributed by atoms with Gasteiger partial charge in [-0.1, -0.05) is 0 Å². The Morgan fingerprint density at radius 3 is 2.60 bits per heavy atom. The lowest BCUT2D eigenvalue weighted by Crippen LogP contribution is -2.39. The fourth-order valence-corrected chi connectivity index (χ4v) is 1.81. The van der Waals surface area contributed by atoms with Crippen LogP contribution in [0.1, 0.15) is 24.2 Å². The van der Waals surface area contributed by atoms with E-state index in [2.05, 4.69) is 5.43 Å². The smallest absolute Gasteiger partial charge is 0.282 e. The Morgan fingerprint density at radius 2 is 2.15 bits per heavy atom. The number of aliphatic hydroxyl groups is 1. The van der Waals surface area contributed by atoms with Gasteiger partial charge in [0.1, 0.15) is 5.56 Å². The Balaban J connectivity index is 3.16. The molecule has 0 aromatic heterocycles. The molecule has 1 aromatic rings. The van der Waals surface area contributed by atoms with Crippen molar-refractivity contribution in [2.24, 2.45) is 5.84 Å². The first-order chi connectivity index (χ1) is 9.15. The van der Waals surface area contributed by atoms with Gasteiger partial charge in [-0.2, -0.15) is 0 Å². The van der Waals surface area contributed by atoms with Crippen LogP contribution in [0.15, 0.2) is 18.2 Å². The number of nitrogen functional groups attached to an aromatic ring is 1. The molecule has 0 aliphatic carbocycles.